The molecule has 1 aliphatic heterocycles. The number of carbonyl (C=O) groups is 1. The molecule has 0 aliphatic carbocycles. The molecule has 0 saturated heterocycles. The van der Waals surface area contributed by atoms with Gasteiger partial charge in [-0.3, -0.25) is 4.90 Å². The van der Waals surface area contributed by atoms with Gasteiger partial charge in [-0.1, -0.05) is 83.5 Å². The molecule has 1 aromatic heterocycles. The quantitative estimate of drug-likeness (QED) is 0.455. The van der Waals surface area contributed by atoms with Crippen LogP contribution in [0.2, 0.25) is 0 Å². The first kappa shape index (κ1) is 19.8. The lowest BCUT2D eigenvalue weighted by atomic mass is 9.94. The molecule has 0 radical (unpaired) electrons. The molecule has 32 heavy (non-hydrogen) atoms. The molecule has 1 aliphatic rings. The summed E-state index contributed by atoms with van der Waals surface area (Å²) in [6.07, 6.45) is 0. The minimum absolute atomic E-state index is 0.204. The van der Waals surface area contributed by atoms with E-state index >= 15 is 0 Å². The standard InChI is InChI=1S/C26H22N4O2/c1-17-13-15-20(16-14-17)24-28-25(32-29-24)22-18(2)30(21-11-7-4-8-12-21)26(31)27-23(22)19-9-5-3-6-10-19/h3-16,23H,1-2H3,(H,27,31). The molecule has 6 heteroatoms. The zero-order valence-corrected chi connectivity index (χ0v) is 17.8. The molecular weight excluding hydrogens is 400 g/mol. The molecular formula is C26H22N4O2. The van der Waals surface area contributed by atoms with Crippen molar-refractivity contribution in [2.24, 2.45) is 0 Å². The lowest BCUT2D eigenvalue weighted by molar-refractivity contribution is 0.244. The van der Waals surface area contributed by atoms with Crippen molar-refractivity contribution in [3.8, 4) is 11.4 Å². The number of para-hydroxylation sites is 1. The van der Waals surface area contributed by atoms with Gasteiger partial charge in [0, 0.05) is 11.3 Å². The minimum atomic E-state index is -0.407. The Morgan fingerprint density at radius 2 is 1.53 bits per heavy atom. The summed E-state index contributed by atoms with van der Waals surface area (Å²) in [7, 11) is 0. The van der Waals surface area contributed by atoms with Crippen LogP contribution in [0.1, 0.15) is 30.0 Å². The molecule has 1 N–H and O–H groups in total. The predicted octanol–water partition coefficient (Wildman–Crippen LogP) is 5.75. The summed E-state index contributed by atoms with van der Waals surface area (Å²) in [6.45, 7) is 3.94. The van der Waals surface area contributed by atoms with Gasteiger partial charge in [-0.25, -0.2) is 4.79 Å². The van der Waals surface area contributed by atoms with Crippen LogP contribution in [0.5, 0.6) is 0 Å². The Hall–Kier alpha value is -4.19. The highest BCUT2D eigenvalue weighted by molar-refractivity contribution is 6.01. The molecule has 1 unspecified atom stereocenters. The molecule has 1 atom stereocenters. The van der Waals surface area contributed by atoms with Crippen molar-refractivity contribution >= 4 is 17.3 Å². The van der Waals surface area contributed by atoms with E-state index in [0.29, 0.717) is 11.7 Å². The first-order chi connectivity index (χ1) is 15.6. The second-order valence-corrected chi connectivity index (χ2v) is 7.75. The molecule has 4 aromatic rings. The number of aromatic nitrogens is 2. The fourth-order valence-corrected chi connectivity index (χ4v) is 3.96. The second kappa shape index (κ2) is 8.15. The fraction of sp³-hybridized carbons (Fsp3) is 0.115. The van der Waals surface area contributed by atoms with E-state index in [9.17, 15) is 4.79 Å². The van der Waals surface area contributed by atoms with E-state index in [1.54, 1.807) is 4.90 Å². The van der Waals surface area contributed by atoms with Gasteiger partial charge in [0.25, 0.3) is 5.89 Å². The van der Waals surface area contributed by atoms with Crippen LogP contribution in [-0.4, -0.2) is 16.2 Å². The minimum Gasteiger partial charge on any atom is -0.334 e. The maximum atomic E-state index is 13.1. The molecule has 3 aromatic carbocycles. The van der Waals surface area contributed by atoms with Crippen molar-refractivity contribution in [3.63, 3.8) is 0 Å². The molecule has 5 rings (SSSR count). The van der Waals surface area contributed by atoms with Gasteiger partial charge < -0.3 is 9.84 Å². The molecule has 0 saturated carbocycles. The molecule has 2 heterocycles. The van der Waals surface area contributed by atoms with Gasteiger partial charge in [0.05, 0.1) is 17.3 Å². The van der Waals surface area contributed by atoms with Crippen molar-refractivity contribution in [1.82, 2.24) is 15.5 Å². The Morgan fingerprint density at radius 1 is 0.875 bits per heavy atom. The van der Waals surface area contributed by atoms with Crippen molar-refractivity contribution in [2.75, 3.05) is 4.90 Å². The van der Waals surface area contributed by atoms with Crippen molar-refractivity contribution < 1.29 is 9.32 Å². The monoisotopic (exact) mass is 422 g/mol. The highest BCUT2D eigenvalue weighted by Crippen LogP contribution is 2.38. The Labute approximate surface area is 186 Å². The Morgan fingerprint density at radius 3 is 2.22 bits per heavy atom. The van der Waals surface area contributed by atoms with Gasteiger partial charge in [0.2, 0.25) is 5.82 Å². The number of nitrogens with zero attached hydrogens (tertiary/aromatic N) is 3. The third-order valence-corrected chi connectivity index (χ3v) is 5.60. The normalized spacial score (nSPS) is 16.2. The predicted molar refractivity (Wildman–Crippen MR) is 124 cm³/mol. The van der Waals surface area contributed by atoms with Crippen LogP contribution in [0.4, 0.5) is 10.5 Å². The summed E-state index contributed by atoms with van der Waals surface area (Å²) in [6, 6.07) is 26.7. The van der Waals surface area contributed by atoms with Crippen molar-refractivity contribution in [2.45, 2.75) is 19.9 Å². The summed E-state index contributed by atoms with van der Waals surface area (Å²) < 4.78 is 5.73. The van der Waals surface area contributed by atoms with E-state index in [2.05, 4.69) is 10.5 Å². The van der Waals surface area contributed by atoms with E-state index in [1.807, 2.05) is 98.8 Å². The molecule has 2 amide bonds. The van der Waals surface area contributed by atoms with E-state index in [4.69, 9.17) is 9.51 Å². The number of urea groups is 1. The largest absolute Gasteiger partial charge is 0.334 e. The average Bonchev–Trinajstić information content (AvgIpc) is 3.30. The first-order valence-corrected chi connectivity index (χ1v) is 10.4. The second-order valence-electron chi connectivity index (χ2n) is 7.75. The number of amides is 2. The number of anilines is 1. The van der Waals surface area contributed by atoms with Crippen LogP contribution in [0.3, 0.4) is 0 Å². The molecule has 0 fully saturated rings. The van der Waals surface area contributed by atoms with Gasteiger partial charge in [0.15, 0.2) is 0 Å². The number of allylic oxidation sites excluding steroid dienone is 1. The lowest BCUT2D eigenvalue weighted by Gasteiger charge is -2.35. The summed E-state index contributed by atoms with van der Waals surface area (Å²) in [5.74, 6) is 0.892. The van der Waals surface area contributed by atoms with E-state index in [0.717, 1.165) is 33.6 Å². The average molecular weight is 422 g/mol. The summed E-state index contributed by atoms with van der Waals surface area (Å²) in [5.41, 5.74) is 5.26. The maximum Gasteiger partial charge on any atom is 0.326 e. The SMILES string of the molecule is CC1=C(c2nc(-c3ccc(C)cc3)no2)C(c2ccccc2)NC(=O)N1c1ccccc1. The number of carbonyl (C=O) groups excluding carboxylic acids is 1. The van der Waals surface area contributed by atoms with E-state index in [-0.39, 0.29) is 6.03 Å². The van der Waals surface area contributed by atoms with E-state index < -0.39 is 6.04 Å². The van der Waals surface area contributed by atoms with Gasteiger partial charge >= 0.3 is 6.03 Å². The highest BCUT2D eigenvalue weighted by atomic mass is 16.5. The van der Waals surface area contributed by atoms with E-state index in [1.165, 1.54) is 0 Å². The summed E-state index contributed by atoms with van der Waals surface area (Å²) >= 11 is 0. The van der Waals surface area contributed by atoms with Gasteiger partial charge in [-0.2, -0.15) is 4.98 Å². The Balaban J connectivity index is 1.65. The van der Waals surface area contributed by atoms with Crippen LogP contribution in [0.25, 0.3) is 17.0 Å². The zero-order chi connectivity index (χ0) is 22.1. The van der Waals surface area contributed by atoms with Crippen LogP contribution >= 0.6 is 0 Å². The molecule has 6 nitrogen and oxygen atoms in total. The lowest BCUT2D eigenvalue weighted by Crippen LogP contribution is -2.46. The van der Waals surface area contributed by atoms with Gasteiger partial charge in [-0.05, 0) is 31.5 Å². The third-order valence-electron chi connectivity index (χ3n) is 5.60. The Kier molecular flexibility index (Phi) is 5.03. The highest BCUT2D eigenvalue weighted by Gasteiger charge is 2.36. The van der Waals surface area contributed by atoms with Crippen LogP contribution < -0.4 is 10.2 Å². The van der Waals surface area contributed by atoms with Gasteiger partial charge in [0.1, 0.15) is 0 Å². The number of aryl methyl sites for hydroxylation is 1. The smallest absolute Gasteiger partial charge is 0.326 e. The number of benzene rings is 3. The van der Waals surface area contributed by atoms with Crippen molar-refractivity contribution in [3.05, 3.63) is 108 Å². The molecule has 0 spiro atoms. The number of hydrogen-bond acceptors (Lipinski definition) is 4. The topological polar surface area (TPSA) is 71.3 Å². The number of hydrogen-bond donors (Lipinski definition) is 1. The zero-order valence-electron chi connectivity index (χ0n) is 17.8. The molecule has 0 bridgehead atoms. The third kappa shape index (κ3) is 3.56. The molecule has 158 valence electrons. The summed E-state index contributed by atoms with van der Waals surface area (Å²) in [5, 5.41) is 7.34. The van der Waals surface area contributed by atoms with Crippen LogP contribution in [-0.2, 0) is 0 Å². The van der Waals surface area contributed by atoms with Crippen molar-refractivity contribution in [1.29, 1.82) is 0 Å². The fourth-order valence-electron chi connectivity index (χ4n) is 3.96. The maximum absolute atomic E-state index is 13.1. The Bertz CT molecular complexity index is 1280. The summed E-state index contributed by atoms with van der Waals surface area (Å²) in [4.78, 5) is 19.5. The van der Waals surface area contributed by atoms with Crippen LogP contribution in [0, 0.1) is 6.92 Å². The number of rotatable bonds is 4. The first-order valence-electron chi connectivity index (χ1n) is 10.4. The van der Waals surface area contributed by atoms with Crippen LogP contribution in [0.15, 0.2) is 95.1 Å². The number of nitrogens with one attached hydrogen (secondary N) is 1. The van der Waals surface area contributed by atoms with Gasteiger partial charge in [-0.15, -0.1) is 0 Å².